The molecule has 1 aromatic carbocycles. The highest BCUT2D eigenvalue weighted by Gasteiger charge is 2.17. The van der Waals surface area contributed by atoms with Crippen LogP contribution in [0.2, 0.25) is 0 Å². The molecule has 0 saturated carbocycles. The van der Waals surface area contributed by atoms with Crippen molar-refractivity contribution >= 4 is 11.0 Å². The van der Waals surface area contributed by atoms with Crippen LogP contribution >= 0.6 is 0 Å². The summed E-state index contributed by atoms with van der Waals surface area (Å²) < 4.78 is 19.1. The molecular weight excluding hydrogens is 193 g/mol. The van der Waals surface area contributed by atoms with E-state index in [1.165, 1.54) is 6.26 Å². The van der Waals surface area contributed by atoms with E-state index in [0.717, 1.165) is 0 Å². The van der Waals surface area contributed by atoms with Gasteiger partial charge in [-0.25, -0.2) is 4.39 Å². The SMILES string of the molecule is CC(N)C(C)c1ccc2occc2c1F. The van der Waals surface area contributed by atoms with Crippen LogP contribution in [0.3, 0.4) is 0 Å². The summed E-state index contributed by atoms with van der Waals surface area (Å²) in [5, 5.41) is 0.528. The molecule has 0 aliphatic heterocycles. The summed E-state index contributed by atoms with van der Waals surface area (Å²) in [6.45, 7) is 3.80. The normalized spacial score (nSPS) is 15.5. The van der Waals surface area contributed by atoms with Crippen LogP contribution in [0.15, 0.2) is 28.9 Å². The predicted octanol–water partition coefficient (Wildman–Crippen LogP) is 3.02. The molecule has 2 atom stereocenters. The first-order chi connectivity index (χ1) is 7.11. The average molecular weight is 207 g/mol. The topological polar surface area (TPSA) is 39.2 Å². The molecule has 0 bridgehead atoms. The van der Waals surface area contributed by atoms with Crippen LogP contribution in [0, 0.1) is 5.82 Å². The number of halogens is 1. The van der Waals surface area contributed by atoms with Gasteiger partial charge in [-0.05, 0) is 30.5 Å². The summed E-state index contributed by atoms with van der Waals surface area (Å²) in [5.74, 6) is -0.213. The minimum Gasteiger partial charge on any atom is -0.464 e. The molecule has 2 N–H and O–H groups in total. The third kappa shape index (κ3) is 1.63. The maximum Gasteiger partial charge on any atom is 0.137 e. The summed E-state index contributed by atoms with van der Waals surface area (Å²) in [5.41, 5.74) is 6.99. The van der Waals surface area contributed by atoms with Crippen molar-refractivity contribution in [1.82, 2.24) is 0 Å². The van der Waals surface area contributed by atoms with Crippen molar-refractivity contribution in [3.63, 3.8) is 0 Å². The Balaban J connectivity index is 2.57. The zero-order valence-electron chi connectivity index (χ0n) is 8.83. The molecule has 0 radical (unpaired) electrons. The Kier molecular flexibility index (Phi) is 2.49. The van der Waals surface area contributed by atoms with Crippen molar-refractivity contribution in [2.45, 2.75) is 25.8 Å². The van der Waals surface area contributed by atoms with Crippen LogP contribution < -0.4 is 5.73 Å². The summed E-state index contributed by atoms with van der Waals surface area (Å²) in [4.78, 5) is 0. The predicted molar refractivity (Wildman–Crippen MR) is 58.2 cm³/mol. The monoisotopic (exact) mass is 207 g/mol. The molecule has 3 heteroatoms. The quantitative estimate of drug-likeness (QED) is 0.822. The summed E-state index contributed by atoms with van der Waals surface area (Å²) in [6, 6.07) is 5.10. The van der Waals surface area contributed by atoms with Gasteiger partial charge in [0.25, 0.3) is 0 Å². The highest BCUT2D eigenvalue weighted by Crippen LogP contribution is 2.28. The van der Waals surface area contributed by atoms with Gasteiger partial charge in [0, 0.05) is 6.04 Å². The lowest BCUT2D eigenvalue weighted by Gasteiger charge is -2.16. The maximum atomic E-state index is 14.0. The minimum atomic E-state index is -0.217. The summed E-state index contributed by atoms with van der Waals surface area (Å²) in [6.07, 6.45) is 1.49. The van der Waals surface area contributed by atoms with Gasteiger partial charge in [-0.3, -0.25) is 0 Å². The second-order valence-electron chi connectivity index (χ2n) is 3.95. The van der Waals surface area contributed by atoms with Crippen LogP contribution in [0.5, 0.6) is 0 Å². The standard InChI is InChI=1S/C12H14FNO/c1-7(8(2)14)9-3-4-11-10(12(9)13)5-6-15-11/h3-8H,14H2,1-2H3. The first-order valence-corrected chi connectivity index (χ1v) is 5.02. The van der Waals surface area contributed by atoms with Crippen molar-refractivity contribution in [2.24, 2.45) is 5.73 Å². The van der Waals surface area contributed by atoms with E-state index in [1.807, 2.05) is 13.8 Å². The Labute approximate surface area is 87.9 Å². The molecule has 0 spiro atoms. The van der Waals surface area contributed by atoms with Crippen LogP contribution in [-0.2, 0) is 0 Å². The van der Waals surface area contributed by atoms with E-state index in [9.17, 15) is 4.39 Å². The third-order valence-corrected chi connectivity index (χ3v) is 2.88. The lowest BCUT2D eigenvalue weighted by Crippen LogP contribution is -2.23. The Morgan fingerprint density at radius 1 is 1.27 bits per heavy atom. The molecule has 2 rings (SSSR count). The van der Waals surface area contributed by atoms with Gasteiger partial charge in [0.1, 0.15) is 11.4 Å². The number of hydrogen-bond donors (Lipinski definition) is 1. The fourth-order valence-corrected chi connectivity index (χ4v) is 1.66. The van der Waals surface area contributed by atoms with Gasteiger partial charge in [0.15, 0.2) is 0 Å². The van der Waals surface area contributed by atoms with Crippen molar-refractivity contribution in [3.8, 4) is 0 Å². The summed E-state index contributed by atoms with van der Waals surface area (Å²) in [7, 11) is 0. The zero-order chi connectivity index (χ0) is 11.0. The van der Waals surface area contributed by atoms with E-state index in [0.29, 0.717) is 16.5 Å². The van der Waals surface area contributed by atoms with Gasteiger partial charge in [-0.2, -0.15) is 0 Å². The highest BCUT2D eigenvalue weighted by atomic mass is 19.1. The fourth-order valence-electron chi connectivity index (χ4n) is 1.66. The maximum absolute atomic E-state index is 14.0. The molecule has 2 aromatic rings. The molecule has 1 heterocycles. The Morgan fingerprint density at radius 2 is 2.00 bits per heavy atom. The molecule has 0 aliphatic carbocycles. The molecule has 15 heavy (non-hydrogen) atoms. The van der Waals surface area contributed by atoms with Crippen LogP contribution in [0.25, 0.3) is 11.0 Å². The van der Waals surface area contributed by atoms with Gasteiger partial charge in [-0.1, -0.05) is 13.0 Å². The van der Waals surface area contributed by atoms with Gasteiger partial charge >= 0.3 is 0 Å². The second kappa shape index (κ2) is 3.66. The molecule has 80 valence electrons. The molecule has 0 saturated heterocycles. The molecule has 0 fully saturated rings. The zero-order valence-corrected chi connectivity index (χ0v) is 8.83. The average Bonchev–Trinajstić information content (AvgIpc) is 2.66. The van der Waals surface area contributed by atoms with E-state index in [-0.39, 0.29) is 17.8 Å². The van der Waals surface area contributed by atoms with Crippen LogP contribution in [0.1, 0.15) is 25.3 Å². The first kappa shape index (κ1) is 10.2. The Hall–Kier alpha value is -1.35. The minimum absolute atomic E-state index is 0.00398. The molecule has 0 aliphatic rings. The number of nitrogens with two attached hydrogens (primary N) is 1. The Morgan fingerprint density at radius 3 is 2.67 bits per heavy atom. The molecule has 1 aromatic heterocycles. The van der Waals surface area contributed by atoms with E-state index in [4.69, 9.17) is 10.2 Å². The third-order valence-electron chi connectivity index (χ3n) is 2.88. The van der Waals surface area contributed by atoms with E-state index < -0.39 is 0 Å². The van der Waals surface area contributed by atoms with Crippen LogP contribution in [0.4, 0.5) is 4.39 Å². The molecule has 0 amide bonds. The van der Waals surface area contributed by atoms with Crippen molar-refractivity contribution < 1.29 is 8.81 Å². The van der Waals surface area contributed by atoms with E-state index in [1.54, 1.807) is 18.2 Å². The molecule has 2 unspecified atom stereocenters. The van der Waals surface area contributed by atoms with Gasteiger partial charge in [0.2, 0.25) is 0 Å². The lowest BCUT2D eigenvalue weighted by atomic mass is 9.93. The fraction of sp³-hybridized carbons (Fsp3) is 0.333. The van der Waals surface area contributed by atoms with Gasteiger partial charge in [0.05, 0.1) is 11.6 Å². The number of rotatable bonds is 2. The van der Waals surface area contributed by atoms with E-state index in [2.05, 4.69) is 0 Å². The van der Waals surface area contributed by atoms with Crippen molar-refractivity contribution in [2.75, 3.05) is 0 Å². The number of fused-ring (bicyclic) bond motifs is 1. The number of furan rings is 1. The van der Waals surface area contributed by atoms with Crippen LogP contribution in [-0.4, -0.2) is 6.04 Å². The first-order valence-electron chi connectivity index (χ1n) is 5.02. The van der Waals surface area contributed by atoms with Crippen molar-refractivity contribution in [1.29, 1.82) is 0 Å². The number of benzene rings is 1. The van der Waals surface area contributed by atoms with Gasteiger partial charge < -0.3 is 10.2 Å². The lowest BCUT2D eigenvalue weighted by molar-refractivity contribution is 0.554. The Bertz CT molecular complexity index is 475. The second-order valence-corrected chi connectivity index (χ2v) is 3.95. The largest absolute Gasteiger partial charge is 0.464 e. The molecular formula is C12H14FNO. The van der Waals surface area contributed by atoms with E-state index >= 15 is 0 Å². The van der Waals surface area contributed by atoms with Crippen molar-refractivity contribution in [3.05, 3.63) is 35.8 Å². The number of hydrogen-bond acceptors (Lipinski definition) is 2. The molecule has 2 nitrogen and oxygen atoms in total. The van der Waals surface area contributed by atoms with Gasteiger partial charge in [-0.15, -0.1) is 0 Å². The smallest absolute Gasteiger partial charge is 0.137 e. The highest BCUT2D eigenvalue weighted by molar-refractivity contribution is 5.78. The summed E-state index contributed by atoms with van der Waals surface area (Å²) >= 11 is 0.